The minimum absolute atomic E-state index is 0.158. The van der Waals surface area contributed by atoms with Gasteiger partial charge in [0.25, 0.3) is 5.91 Å². The number of carbonyl (C=O) groups excluding carboxylic acids is 1. The largest absolute Gasteiger partial charge is 0.384 e. The summed E-state index contributed by atoms with van der Waals surface area (Å²) >= 11 is 0. The summed E-state index contributed by atoms with van der Waals surface area (Å²) in [6, 6.07) is 13.1. The van der Waals surface area contributed by atoms with Crippen LogP contribution >= 0.6 is 0 Å². The van der Waals surface area contributed by atoms with E-state index in [-0.39, 0.29) is 12.5 Å². The van der Waals surface area contributed by atoms with Gasteiger partial charge in [-0.2, -0.15) is 0 Å². The number of para-hydroxylation sites is 1. The van der Waals surface area contributed by atoms with Gasteiger partial charge in [-0.1, -0.05) is 41.7 Å². The Labute approximate surface area is 124 Å². The van der Waals surface area contributed by atoms with Crippen LogP contribution in [-0.4, -0.2) is 17.6 Å². The molecule has 0 radical (unpaired) electrons. The van der Waals surface area contributed by atoms with Gasteiger partial charge in [0.05, 0.1) is 5.69 Å². The molecule has 3 heteroatoms. The van der Waals surface area contributed by atoms with E-state index in [4.69, 9.17) is 5.11 Å². The third kappa shape index (κ3) is 3.71. The van der Waals surface area contributed by atoms with Gasteiger partial charge in [-0.15, -0.1) is 0 Å². The monoisotopic (exact) mass is 279 g/mol. The van der Waals surface area contributed by atoms with E-state index in [1.807, 2.05) is 44.2 Å². The molecular formula is C18H17NO2. The highest BCUT2D eigenvalue weighted by atomic mass is 16.2. The number of anilines is 1. The molecule has 1 amide bonds. The first kappa shape index (κ1) is 14.8. The number of hydrogen-bond donors (Lipinski definition) is 2. The number of aliphatic hydroxyl groups excluding tert-OH is 1. The summed E-state index contributed by atoms with van der Waals surface area (Å²) in [4.78, 5) is 12.4. The van der Waals surface area contributed by atoms with E-state index in [1.54, 1.807) is 12.1 Å². The average Bonchev–Trinajstić information content (AvgIpc) is 2.48. The van der Waals surface area contributed by atoms with Crippen LogP contribution in [0.5, 0.6) is 0 Å². The molecule has 0 aliphatic heterocycles. The van der Waals surface area contributed by atoms with Crippen molar-refractivity contribution in [3.63, 3.8) is 0 Å². The molecule has 0 saturated heterocycles. The smallest absolute Gasteiger partial charge is 0.255 e. The van der Waals surface area contributed by atoms with E-state index < -0.39 is 0 Å². The Hall–Kier alpha value is -2.57. The Bertz CT molecular complexity index is 723. The fraction of sp³-hybridized carbons (Fsp3) is 0.167. The van der Waals surface area contributed by atoms with Gasteiger partial charge in [-0.05, 0) is 37.6 Å². The molecule has 0 aliphatic carbocycles. The number of hydrogen-bond acceptors (Lipinski definition) is 2. The van der Waals surface area contributed by atoms with Crippen molar-refractivity contribution >= 4 is 11.6 Å². The second-order valence-electron chi connectivity index (χ2n) is 4.78. The quantitative estimate of drug-likeness (QED) is 0.830. The number of rotatable bonds is 2. The van der Waals surface area contributed by atoms with Crippen molar-refractivity contribution in [3.8, 4) is 11.8 Å². The van der Waals surface area contributed by atoms with E-state index in [2.05, 4.69) is 17.2 Å². The molecule has 0 unspecified atom stereocenters. The molecule has 2 N–H and O–H groups in total. The molecular weight excluding hydrogens is 262 g/mol. The topological polar surface area (TPSA) is 49.3 Å². The molecule has 3 nitrogen and oxygen atoms in total. The summed E-state index contributed by atoms with van der Waals surface area (Å²) in [6.45, 7) is 3.65. The number of nitrogens with one attached hydrogen (secondary N) is 1. The van der Waals surface area contributed by atoms with Crippen LogP contribution in [0.15, 0.2) is 42.5 Å². The second kappa shape index (κ2) is 6.74. The van der Waals surface area contributed by atoms with E-state index in [0.29, 0.717) is 16.8 Å². The molecule has 0 bridgehead atoms. The summed E-state index contributed by atoms with van der Waals surface area (Å²) in [5, 5.41) is 11.7. The molecule has 0 atom stereocenters. The van der Waals surface area contributed by atoms with Gasteiger partial charge >= 0.3 is 0 Å². The normalized spacial score (nSPS) is 9.67. The number of carbonyl (C=O) groups is 1. The van der Waals surface area contributed by atoms with E-state index >= 15 is 0 Å². The Balaban J connectivity index is 2.30. The molecule has 0 spiro atoms. The van der Waals surface area contributed by atoms with Crippen LogP contribution in [0.4, 0.5) is 5.69 Å². The Morgan fingerprint density at radius 1 is 1.19 bits per heavy atom. The van der Waals surface area contributed by atoms with Crippen LogP contribution in [0, 0.1) is 25.7 Å². The van der Waals surface area contributed by atoms with Crippen molar-refractivity contribution in [2.45, 2.75) is 13.8 Å². The van der Waals surface area contributed by atoms with Crippen LogP contribution in [0.3, 0.4) is 0 Å². The van der Waals surface area contributed by atoms with Crippen LogP contribution in [0.2, 0.25) is 0 Å². The SMILES string of the molecule is Cc1ccc(C)c(C(=O)Nc2ccccc2C#CCO)c1. The van der Waals surface area contributed by atoms with Crippen molar-refractivity contribution in [2.75, 3.05) is 11.9 Å². The van der Waals surface area contributed by atoms with Crippen LogP contribution in [-0.2, 0) is 0 Å². The maximum atomic E-state index is 12.4. The van der Waals surface area contributed by atoms with E-state index in [1.165, 1.54) is 0 Å². The number of aryl methyl sites for hydroxylation is 2. The summed E-state index contributed by atoms with van der Waals surface area (Å²) in [5.74, 6) is 5.27. The van der Waals surface area contributed by atoms with Gasteiger partial charge in [-0.3, -0.25) is 4.79 Å². The van der Waals surface area contributed by atoms with Gasteiger partial charge in [0.15, 0.2) is 0 Å². The summed E-state index contributed by atoms with van der Waals surface area (Å²) in [5.41, 5.74) is 3.95. The van der Waals surface area contributed by atoms with Gasteiger partial charge in [-0.25, -0.2) is 0 Å². The highest BCUT2D eigenvalue weighted by Gasteiger charge is 2.10. The summed E-state index contributed by atoms with van der Waals surface area (Å²) < 4.78 is 0. The van der Waals surface area contributed by atoms with Gasteiger partial charge in [0, 0.05) is 11.1 Å². The third-order valence-corrected chi connectivity index (χ3v) is 3.12. The van der Waals surface area contributed by atoms with Crippen LogP contribution < -0.4 is 5.32 Å². The predicted octanol–water partition coefficient (Wildman–Crippen LogP) is 2.90. The minimum atomic E-state index is -0.209. The average molecular weight is 279 g/mol. The molecule has 2 aromatic carbocycles. The number of benzene rings is 2. The highest BCUT2D eigenvalue weighted by Crippen LogP contribution is 2.17. The van der Waals surface area contributed by atoms with Gasteiger partial charge in [0.1, 0.15) is 6.61 Å². The first-order valence-corrected chi connectivity index (χ1v) is 6.69. The number of amides is 1. The van der Waals surface area contributed by atoms with Crippen molar-refractivity contribution in [1.29, 1.82) is 0 Å². The molecule has 0 aliphatic rings. The molecule has 0 saturated carbocycles. The lowest BCUT2D eigenvalue weighted by Gasteiger charge is -2.10. The third-order valence-electron chi connectivity index (χ3n) is 3.12. The Morgan fingerprint density at radius 3 is 2.71 bits per heavy atom. The maximum absolute atomic E-state index is 12.4. The zero-order chi connectivity index (χ0) is 15.2. The zero-order valence-corrected chi connectivity index (χ0v) is 12.1. The van der Waals surface area contributed by atoms with Gasteiger partial charge < -0.3 is 10.4 Å². The molecule has 21 heavy (non-hydrogen) atoms. The standard InChI is InChI=1S/C18H17NO2/c1-13-9-10-14(2)16(12-13)18(21)19-17-8-4-3-6-15(17)7-5-11-20/h3-4,6,8-10,12,20H,11H2,1-2H3,(H,19,21). The lowest BCUT2D eigenvalue weighted by molar-refractivity contribution is 0.102. The Morgan fingerprint density at radius 2 is 1.95 bits per heavy atom. The number of aliphatic hydroxyl groups is 1. The maximum Gasteiger partial charge on any atom is 0.255 e. The van der Waals surface area contributed by atoms with Gasteiger partial charge in [0.2, 0.25) is 0 Å². The first-order valence-electron chi connectivity index (χ1n) is 6.69. The van der Waals surface area contributed by atoms with E-state index in [9.17, 15) is 4.79 Å². The lowest BCUT2D eigenvalue weighted by Crippen LogP contribution is -2.14. The fourth-order valence-corrected chi connectivity index (χ4v) is 2.01. The van der Waals surface area contributed by atoms with Crippen molar-refractivity contribution in [3.05, 3.63) is 64.7 Å². The molecule has 2 rings (SSSR count). The summed E-state index contributed by atoms with van der Waals surface area (Å²) in [7, 11) is 0. The van der Waals surface area contributed by atoms with E-state index in [0.717, 1.165) is 11.1 Å². The van der Waals surface area contributed by atoms with Crippen molar-refractivity contribution in [2.24, 2.45) is 0 Å². The minimum Gasteiger partial charge on any atom is -0.384 e. The van der Waals surface area contributed by atoms with Crippen molar-refractivity contribution in [1.82, 2.24) is 0 Å². The fourth-order valence-electron chi connectivity index (χ4n) is 2.01. The zero-order valence-electron chi connectivity index (χ0n) is 12.1. The lowest BCUT2D eigenvalue weighted by atomic mass is 10.0. The summed E-state index contributed by atoms with van der Waals surface area (Å²) in [6.07, 6.45) is 0. The molecule has 0 fully saturated rings. The van der Waals surface area contributed by atoms with Crippen LogP contribution in [0.25, 0.3) is 0 Å². The molecule has 0 heterocycles. The first-order chi connectivity index (χ1) is 10.1. The predicted molar refractivity (Wildman–Crippen MR) is 84.3 cm³/mol. The van der Waals surface area contributed by atoms with Crippen LogP contribution in [0.1, 0.15) is 27.0 Å². The van der Waals surface area contributed by atoms with Crippen molar-refractivity contribution < 1.29 is 9.90 Å². The molecule has 2 aromatic rings. The molecule has 0 aromatic heterocycles. The highest BCUT2D eigenvalue weighted by molar-refractivity contribution is 6.06. The molecule has 106 valence electrons. The second-order valence-corrected chi connectivity index (χ2v) is 4.78. The Kier molecular flexibility index (Phi) is 4.76.